The molecule has 0 aliphatic heterocycles. The van der Waals surface area contributed by atoms with E-state index < -0.39 is 0 Å². The number of nitrogens with zero attached hydrogens (tertiary/aromatic N) is 1. The van der Waals surface area contributed by atoms with Crippen molar-refractivity contribution in [2.24, 2.45) is 5.73 Å². The van der Waals surface area contributed by atoms with E-state index in [0.29, 0.717) is 0 Å². The van der Waals surface area contributed by atoms with Crippen LogP contribution in [0.25, 0.3) is 0 Å². The molecule has 2 nitrogen and oxygen atoms in total. The molecule has 0 unspecified atom stereocenters. The van der Waals surface area contributed by atoms with Crippen LogP contribution >= 0.6 is 0 Å². The topological polar surface area (TPSA) is 38.9 Å². The molecule has 0 bridgehead atoms. The van der Waals surface area contributed by atoms with Crippen molar-refractivity contribution < 1.29 is 0 Å². The normalized spacial score (nSPS) is 19.5. The number of nitrogens with two attached hydrogens (primary N) is 1. The van der Waals surface area contributed by atoms with Gasteiger partial charge in [-0.1, -0.05) is 6.92 Å². The Bertz CT molecular complexity index is 303. The van der Waals surface area contributed by atoms with Gasteiger partial charge in [0.2, 0.25) is 0 Å². The molecule has 1 fully saturated rings. The van der Waals surface area contributed by atoms with Crippen molar-refractivity contribution >= 4 is 0 Å². The Morgan fingerprint density at radius 3 is 2.85 bits per heavy atom. The standard InChI is InChI=1S/C11H16N2/c1-2-10-8-9(4-7-13-10)11(12)5-3-6-11/h4,7-8H,2-3,5-6,12H2,1H3. The first kappa shape index (κ1) is 8.70. The predicted octanol–water partition coefficient (Wildman–Crippen LogP) is 1.98. The highest BCUT2D eigenvalue weighted by atomic mass is 14.8. The minimum Gasteiger partial charge on any atom is -0.321 e. The number of hydrogen-bond donors (Lipinski definition) is 1. The van der Waals surface area contributed by atoms with Crippen LogP contribution in [0.1, 0.15) is 37.4 Å². The van der Waals surface area contributed by atoms with Crippen LogP contribution in [0.3, 0.4) is 0 Å². The second kappa shape index (κ2) is 3.11. The average Bonchev–Trinajstić information content (AvgIpc) is 2.14. The van der Waals surface area contributed by atoms with Gasteiger partial charge >= 0.3 is 0 Å². The Kier molecular flexibility index (Phi) is 2.08. The molecule has 0 atom stereocenters. The van der Waals surface area contributed by atoms with Crippen molar-refractivity contribution in [2.75, 3.05) is 0 Å². The van der Waals surface area contributed by atoms with Gasteiger partial charge in [-0.15, -0.1) is 0 Å². The van der Waals surface area contributed by atoms with Crippen LogP contribution in [-0.4, -0.2) is 4.98 Å². The second-order valence-corrected chi connectivity index (χ2v) is 3.90. The lowest BCUT2D eigenvalue weighted by molar-refractivity contribution is 0.253. The smallest absolute Gasteiger partial charge is 0.0410 e. The summed E-state index contributed by atoms with van der Waals surface area (Å²) in [5, 5.41) is 0. The summed E-state index contributed by atoms with van der Waals surface area (Å²) in [5.74, 6) is 0. The fraction of sp³-hybridized carbons (Fsp3) is 0.545. The summed E-state index contributed by atoms with van der Waals surface area (Å²) in [6.07, 6.45) is 6.38. The van der Waals surface area contributed by atoms with E-state index in [4.69, 9.17) is 5.73 Å². The molecule has 1 saturated carbocycles. The van der Waals surface area contributed by atoms with E-state index >= 15 is 0 Å². The van der Waals surface area contributed by atoms with Gasteiger partial charge in [0.15, 0.2) is 0 Å². The minimum atomic E-state index is -0.0349. The van der Waals surface area contributed by atoms with Gasteiger partial charge in [0, 0.05) is 17.4 Å². The third-order valence-electron chi connectivity index (χ3n) is 3.00. The van der Waals surface area contributed by atoms with Crippen LogP contribution in [0.5, 0.6) is 0 Å². The zero-order valence-electron chi connectivity index (χ0n) is 8.09. The maximum Gasteiger partial charge on any atom is 0.0410 e. The number of hydrogen-bond acceptors (Lipinski definition) is 2. The zero-order chi connectivity index (χ0) is 9.31. The third-order valence-corrected chi connectivity index (χ3v) is 3.00. The van der Waals surface area contributed by atoms with Crippen LogP contribution < -0.4 is 5.73 Å². The highest BCUT2D eigenvalue weighted by Crippen LogP contribution is 2.38. The fourth-order valence-electron chi connectivity index (χ4n) is 1.83. The Labute approximate surface area is 79.2 Å². The summed E-state index contributed by atoms with van der Waals surface area (Å²) >= 11 is 0. The van der Waals surface area contributed by atoms with Crippen molar-refractivity contribution in [3.63, 3.8) is 0 Å². The lowest BCUT2D eigenvalue weighted by Crippen LogP contribution is -2.43. The molecular weight excluding hydrogens is 160 g/mol. The summed E-state index contributed by atoms with van der Waals surface area (Å²) in [6.45, 7) is 2.12. The molecule has 70 valence electrons. The quantitative estimate of drug-likeness (QED) is 0.748. The van der Waals surface area contributed by atoms with Crippen LogP contribution in [-0.2, 0) is 12.0 Å². The molecule has 13 heavy (non-hydrogen) atoms. The highest BCUT2D eigenvalue weighted by molar-refractivity contribution is 5.26. The SMILES string of the molecule is CCc1cc(C2(N)CCC2)ccn1. The van der Waals surface area contributed by atoms with E-state index in [2.05, 4.69) is 24.0 Å². The van der Waals surface area contributed by atoms with Crippen molar-refractivity contribution in [1.29, 1.82) is 0 Å². The van der Waals surface area contributed by atoms with Gasteiger partial charge in [0.1, 0.15) is 0 Å². The van der Waals surface area contributed by atoms with E-state index in [1.165, 1.54) is 12.0 Å². The number of rotatable bonds is 2. The molecule has 2 rings (SSSR count). The van der Waals surface area contributed by atoms with E-state index in [1.807, 2.05) is 6.20 Å². The van der Waals surface area contributed by atoms with Crippen molar-refractivity contribution in [3.05, 3.63) is 29.6 Å². The maximum absolute atomic E-state index is 6.22. The van der Waals surface area contributed by atoms with Crippen molar-refractivity contribution in [2.45, 2.75) is 38.1 Å². The fourth-order valence-corrected chi connectivity index (χ4v) is 1.83. The zero-order valence-corrected chi connectivity index (χ0v) is 8.09. The Hall–Kier alpha value is -0.890. The van der Waals surface area contributed by atoms with Crippen LogP contribution in [0.4, 0.5) is 0 Å². The molecule has 2 N–H and O–H groups in total. The summed E-state index contributed by atoms with van der Waals surface area (Å²) < 4.78 is 0. The first-order chi connectivity index (χ1) is 6.24. The van der Waals surface area contributed by atoms with Gasteiger partial charge in [-0.05, 0) is 43.4 Å². The van der Waals surface area contributed by atoms with Crippen LogP contribution in [0, 0.1) is 0 Å². The molecule has 1 aliphatic rings. The third kappa shape index (κ3) is 1.46. The molecule has 1 aromatic rings. The predicted molar refractivity (Wildman–Crippen MR) is 53.3 cm³/mol. The van der Waals surface area contributed by atoms with E-state index in [0.717, 1.165) is 25.0 Å². The molecule has 0 amide bonds. The summed E-state index contributed by atoms with van der Waals surface area (Å²) in [4.78, 5) is 4.27. The molecule has 0 aromatic carbocycles. The number of aromatic nitrogens is 1. The van der Waals surface area contributed by atoms with Crippen LogP contribution in [0.2, 0.25) is 0 Å². The molecule has 0 saturated heterocycles. The Morgan fingerprint density at radius 1 is 1.54 bits per heavy atom. The van der Waals surface area contributed by atoms with E-state index in [9.17, 15) is 0 Å². The Morgan fingerprint density at radius 2 is 2.31 bits per heavy atom. The van der Waals surface area contributed by atoms with Crippen molar-refractivity contribution in [1.82, 2.24) is 4.98 Å². The summed E-state index contributed by atoms with van der Waals surface area (Å²) in [7, 11) is 0. The molecular formula is C11H16N2. The second-order valence-electron chi connectivity index (χ2n) is 3.90. The monoisotopic (exact) mass is 176 g/mol. The average molecular weight is 176 g/mol. The van der Waals surface area contributed by atoms with Gasteiger partial charge in [-0.2, -0.15) is 0 Å². The van der Waals surface area contributed by atoms with Gasteiger partial charge in [0.05, 0.1) is 0 Å². The minimum absolute atomic E-state index is 0.0349. The maximum atomic E-state index is 6.22. The van der Waals surface area contributed by atoms with Gasteiger partial charge < -0.3 is 5.73 Å². The van der Waals surface area contributed by atoms with Gasteiger partial charge in [0.25, 0.3) is 0 Å². The van der Waals surface area contributed by atoms with E-state index in [1.54, 1.807) is 0 Å². The Balaban J connectivity index is 2.29. The lowest BCUT2D eigenvalue weighted by atomic mass is 9.73. The van der Waals surface area contributed by atoms with Gasteiger partial charge in [-0.25, -0.2) is 0 Å². The highest BCUT2D eigenvalue weighted by Gasteiger charge is 2.34. The molecule has 0 spiro atoms. The van der Waals surface area contributed by atoms with Gasteiger partial charge in [-0.3, -0.25) is 4.98 Å². The number of aryl methyl sites for hydroxylation is 1. The first-order valence-corrected chi connectivity index (χ1v) is 4.99. The lowest BCUT2D eigenvalue weighted by Gasteiger charge is -2.38. The van der Waals surface area contributed by atoms with E-state index in [-0.39, 0.29) is 5.54 Å². The summed E-state index contributed by atoms with van der Waals surface area (Å²) in [6, 6.07) is 4.21. The molecule has 1 heterocycles. The summed E-state index contributed by atoms with van der Waals surface area (Å²) in [5.41, 5.74) is 8.60. The molecule has 1 aliphatic carbocycles. The molecule has 1 aromatic heterocycles. The number of pyridine rings is 1. The van der Waals surface area contributed by atoms with Crippen LogP contribution in [0.15, 0.2) is 18.3 Å². The molecule has 2 heteroatoms. The first-order valence-electron chi connectivity index (χ1n) is 4.99. The van der Waals surface area contributed by atoms with Crippen molar-refractivity contribution in [3.8, 4) is 0 Å². The largest absolute Gasteiger partial charge is 0.321 e. The molecule has 0 radical (unpaired) electrons.